The summed E-state index contributed by atoms with van der Waals surface area (Å²) in [6.07, 6.45) is 4.70. The van der Waals surface area contributed by atoms with Crippen molar-refractivity contribution in [2.24, 2.45) is 5.73 Å². The van der Waals surface area contributed by atoms with Crippen LogP contribution in [-0.2, 0) is 10.8 Å². The highest BCUT2D eigenvalue weighted by molar-refractivity contribution is 7.85. The Kier molecular flexibility index (Phi) is 4.57. The van der Waals surface area contributed by atoms with Crippen molar-refractivity contribution in [3.05, 3.63) is 34.9 Å². The maximum Gasteiger partial charge on any atom is 0.0431 e. The third-order valence-electron chi connectivity index (χ3n) is 3.69. The minimum Gasteiger partial charge on any atom is -0.323 e. The standard InChI is InChI=1S/C15H23NOS/c1-11-7-12(2)9-13(8-11)15(16)10-18(17)14-5-3-4-6-14/h7-9,14-15H,3-6,10,16H2,1-2H3. The van der Waals surface area contributed by atoms with Gasteiger partial charge in [-0.25, -0.2) is 0 Å². The maximum atomic E-state index is 12.2. The average molecular weight is 265 g/mol. The molecule has 100 valence electrons. The van der Waals surface area contributed by atoms with E-state index in [1.807, 2.05) is 0 Å². The Bertz CT molecular complexity index is 418. The average Bonchev–Trinajstić information content (AvgIpc) is 2.80. The van der Waals surface area contributed by atoms with Gasteiger partial charge in [-0.3, -0.25) is 4.21 Å². The van der Waals surface area contributed by atoms with E-state index in [0.29, 0.717) is 11.0 Å². The molecule has 2 rings (SSSR count). The SMILES string of the molecule is Cc1cc(C)cc(C(N)CS(=O)C2CCCC2)c1. The first-order chi connectivity index (χ1) is 8.56. The molecule has 1 aromatic carbocycles. The summed E-state index contributed by atoms with van der Waals surface area (Å²) in [6, 6.07) is 6.28. The van der Waals surface area contributed by atoms with Crippen molar-refractivity contribution in [3.8, 4) is 0 Å². The molecule has 0 bridgehead atoms. The van der Waals surface area contributed by atoms with Gasteiger partial charge in [0.2, 0.25) is 0 Å². The van der Waals surface area contributed by atoms with Crippen LogP contribution in [0.3, 0.4) is 0 Å². The Balaban J connectivity index is 2.02. The molecule has 1 saturated carbocycles. The Morgan fingerprint density at radius 3 is 2.33 bits per heavy atom. The van der Waals surface area contributed by atoms with Crippen molar-refractivity contribution in [3.63, 3.8) is 0 Å². The van der Waals surface area contributed by atoms with Gasteiger partial charge >= 0.3 is 0 Å². The fraction of sp³-hybridized carbons (Fsp3) is 0.600. The quantitative estimate of drug-likeness (QED) is 0.909. The smallest absolute Gasteiger partial charge is 0.0431 e. The second-order valence-corrected chi connectivity index (χ2v) is 7.24. The van der Waals surface area contributed by atoms with Crippen molar-refractivity contribution in [2.75, 3.05) is 5.75 Å². The van der Waals surface area contributed by atoms with E-state index in [2.05, 4.69) is 32.0 Å². The molecule has 2 atom stereocenters. The van der Waals surface area contributed by atoms with Crippen molar-refractivity contribution in [1.82, 2.24) is 0 Å². The van der Waals surface area contributed by atoms with Crippen molar-refractivity contribution in [2.45, 2.75) is 50.8 Å². The topological polar surface area (TPSA) is 43.1 Å². The molecule has 1 aliphatic carbocycles. The Morgan fingerprint density at radius 1 is 1.22 bits per heavy atom. The summed E-state index contributed by atoms with van der Waals surface area (Å²) >= 11 is 0. The third kappa shape index (κ3) is 3.42. The predicted molar refractivity (Wildman–Crippen MR) is 78.1 cm³/mol. The van der Waals surface area contributed by atoms with Crippen LogP contribution in [0.4, 0.5) is 0 Å². The molecule has 0 amide bonds. The highest BCUT2D eigenvalue weighted by atomic mass is 32.2. The van der Waals surface area contributed by atoms with Crippen LogP contribution in [0, 0.1) is 13.8 Å². The molecule has 0 saturated heterocycles. The molecular weight excluding hydrogens is 242 g/mol. The zero-order valence-electron chi connectivity index (χ0n) is 11.3. The molecule has 2 N–H and O–H groups in total. The van der Waals surface area contributed by atoms with Gasteiger partial charge in [-0.1, -0.05) is 42.2 Å². The van der Waals surface area contributed by atoms with Crippen LogP contribution in [0.15, 0.2) is 18.2 Å². The second-order valence-electron chi connectivity index (χ2n) is 5.48. The second kappa shape index (κ2) is 5.98. The number of hydrogen-bond donors (Lipinski definition) is 1. The molecule has 1 fully saturated rings. The lowest BCUT2D eigenvalue weighted by Crippen LogP contribution is -2.23. The van der Waals surface area contributed by atoms with Crippen LogP contribution >= 0.6 is 0 Å². The van der Waals surface area contributed by atoms with Crippen molar-refractivity contribution < 1.29 is 4.21 Å². The van der Waals surface area contributed by atoms with Gasteiger partial charge in [-0.15, -0.1) is 0 Å². The molecule has 0 spiro atoms. The summed E-state index contributed by atoms with van der Waals surface area (Å²) in [5, 5.41) is 0.391. The molecule has 2 nitrogen and oxygen atoms in total. The lowest BCUT2D eigenvalue weighted by molar-refractivity contribution is 0.660. The minimum absolute atomic E-state index is 0.0926. The number of hydrogen-bond acceptors (Lipinski definition) is 2. The molecule has 0 aliphatic heterocycles. The van der Waals surface area contributed by atoms with Crippen LogP contribution in [0.2, 0.25) is 0 Å². The molecular formula is C15H23NOS. The van der Waals surface area contributed by atoms with E-state index in [9.17, 15) is 4.21 Å². The van der Waals surface area contributed by atoms with E-state index in [1.54, 1.807) is 0 Å². The number of nitrogens with two attached hydrogens (primary N) is 1. The van der Waals surface area contributed by atoms with Gasteiger partial charge in [0.15, 0.2) is 0 Å². The predicted octanol–water partition coefficient (Wildman–Crippen LogP) is 2.99. The number of benzene rings is 1. The van der Waals surface area contributed by atoms with Gasteiger partial charge in [0.25, 0.3) is 0 Å². The zero-order chi connectivity index (χ0) is 13.1. The largest absolute Gasteiger partial charge is 0.323 e. The lowest BCUT2D eigenvalue weighted by Gasteiger charge is -2.16. The van der Waals surface area contributed by atoms with Gasteiger partial charge in [0.05, 0.1) is 0 Å². The van der Waals surface area contributed by atoms with Crippen molar-refractivity contribution in [1.29, 1.82) is 0 Å². The summed E-state index contributed by atoms with van der Waals surface area (Å²) in [5.74, 6) is 0.605. The zero-order valence-corrected chi connectivity index (χ0v) is 12.1. The Morgan fingerprint density at radius 2 is 1.78 bits per heavy atom. The van der Waals surface area contributed by atoms with Gasteiger partial charge < -0.3 is 5.73 Å². The molecule has 1 aromatic rings. The van der Waals surface area contributed by atoms with Crippen molar-refractivity contribution >= 4 is 10.8 Å². The van der Waals surface area contributed by atoms with E-state index in [1.165, 1.54) is 24.0 Å². The molecule has 0 aromatic heterocycles. The van der Waals surface area contributed by atoms with Gasteiger partial charge in [-0.05, 0) is 32.3 Å². The molecule has 2 unspecified atom stereocenters. The van der Waals surface area contributed by atoms with Crippen LogP contribution in [0.5, 0.6) is 0 Å². The summed E-state index contributed by atoms with van der Waals surface area (Å²) in [7, 11) is -0.764. The third-order valence-corrected chi connectivity index (χ3v) is 5.59. The Hall–Kier alpha value is -0.670. The van der Waals surface area contributed by atoms with Gasteiger partial charge in [-0.2, -0.15) is 0 Å². The normalized spacial score (nSPS) is 19.9. The first kappa shape index (κ1) is 13.8. The van der Waals surface area contributed by atoms with E-state index >= 15 is 0 Å². The molecule has 0 heterocycles. The summed E-state index contributed by atoms with van der Waals surface area (Å²) in [4.78, 5) is 0. The monoisotopic (exact) mass is 265 g/mol. The van der Waals surface area contributed by atoms with Gasteiger partial charge in [0.1, 0.15) is 0 Å². The summed E-state index contributed by atoms with van der Waals surface area (Å²) < 4.78 is 12.2. The molecule has 3 heteroatoms. The minimum atomic E-state index is -0.764. The molecule has 18 heavy (non-hydrogen) atoms. The number of rotatable bonds is 4. The fourth-order valence-corrected chi connectivity index (χ4v) is 4.46. The first-order valence-electron chi connectivity index (χ1n) is 6.77. The van der Waals surface area contributed by atoms with Gasteiger partial charge in [0, 0.05) is 27.8 Å². The maximum absolute atomic E-state index is 12.2. The summed E-state index contributed by atoms with van der Waals surface area (Å²) in [5.41, 5.74) is 9.79. The van der Waals surface area contributed by atoms with Crippen LogP contribution in [-0.4, -0.2) is 15.2 Å². The first-order valence-corrected chi connectivity index (χ1v) is 8.15. The Labute approximate surface area is 112 Å². The number of aryl methyl sites for hydroxylation is 2. The fourth-order valence-electron chi connectivity index (χ4n) is 2.78. The van der Waals surface area contributed by atoms with E-state index in [0.717, 1.165) is 18.4 Å². The van der Waals surface area contributed by atoms with Crippen LogP contribution < -0.4 is 5.73 Å². The van der Waals surface area contributed by atoms with Crippen LogP contribution in [0.1, 0.15) is 48.4 Å². The molecule has 1 aliphatic rings. The van der Waals surface area contributed by atoms with E-state index < -0.39 is 10.8 Å². The summed E-state index contributed by atoms with van der Waals surface area (Å²) in [6.45, 7) is 4.16. The van der Waals surface area contributed by atoms with E-state index in [4.69, 9.17) is 5.73 Å². The highest BCUT2D eigenvalue weighted by Crippen LogP contribution is 2.25. The molecule has 0 radical (unpaired) electrons. The van der Waals surface area contributed by atoms with E-state index in [-0.39, 0.29) is 6.04 Å². The lowest BCUT2D eigenvalue weighted by atomic mass is 10.0. The highest BCUT2D eigenvalue weighted by Gasteiger charge is 2.23. The van der Waals surface area contributed by atoms with Crippen LogP contribution in [0.25, 0.3) is 0 Å².